The zero-order valence-corrected chi connectivity index (χ0v) is 9.20. The van der Waals surface area contributed by atoms with Crippen LogP contribution in [-0.2, 0) is 10.9 Å². The van der Waals surface area contributed by atoms with Crippen LogP contribution in [0.3, 0.4) is 0 Å². The summed E-state index contributed by atoms with van der Waals surface area (Å²) in [5.41, 5.74) is 5.42. The van der Waals surface area contributed by atoms with Gasteiger partial charge in [-0.1, -0.05) is 12.1 Å². The normalized spacial score (nSPS) is 25.2. The molecule has 0 bridgehead atoms. The molecule has 2 N–H and O–H groups in total. The van der Waals surface area contributed by atoms with Crippen LogP contribution in [0.5, 0.6) is 0 Å². The van der Waals surface area contributed by atoms with E-state index < -0.39 is 11.7 Å². The summed E-state index contributed by atoms with van der Waals surface area (Å²) < 4.78 is 43.2. The molecule has 1 aromatic carbocycles. The van der Waals surface area contributed by atoms with Crippen LogP contribution in [-0.4, -0.2) is 12.6 Å². The van der Waals surface area contributed by atoms with Crippen molar-refractivity contribution in [2.24, 2.45) is 5.73 Å². The van der Waals surface area contributed by atoms with E-state index in [1.807, 2.05) is 0 Å². The summed E-state index contributed by atoms with van der Waals surface area (Å²) in [5, 5.41) is 0. The second kappa shape index (κ2) is 4.66. The van der Waals surface area contributed by atoms with Crippen LogP contribution in [0.15, 0.2) is 24.3 Å². The van der Waals surface area contributed by atoms with Crippen molar-refractivity contribution in [2.45, 2.75) is 31.2 Å². The fraction of sp³-hybridized carbons (Fsp3) is 0.500. The summed E-state index contributed by atoms with van der Waals surface area (Å²) >= 11 is 0. The number of hydrogen-bond acceptors (Lipinski definition) is 2. The molecule has 2 atom stereocenters. The number of benzene rings is 1. The van der Waals surface area contributed by atoms with Crippen LogP contribution in [0.1, 0.15) is 30.1 Å². The van der Waals surface area contributed by atoms with Gasteiger partial charge in [0.1, 0.15) is 0 Å². The van der Waals surface area contributed by atoms with Gasteiger partial charge >= 0.3 is 6.18 Å². The number of halogens is 3. The topological polar surface area (TPSA) is 35.2 Å². The second-order valence-electron chi connectivity index (χ2n) is 4.18. The third kappa shape index (κ3) is 2.79. The molecule has 0 radical (unpaired) electrons. The first-order chi connectivity index (χ1) is 8.00. The van der Waals surface area contributed by atoms with Crippen LogP contribution in [0.4, 0.5) is 13.2 Å². The highest BCUT2D eigenvalue weighted by Gasteiger charge is 2.32. The maximum absolute atomic E-state index is 12.5. The fourth-order valence-corrected chi connectivity index (χ4v) is 2.04. The van der Waals surface area contributed by atoms with E-state index in [0.29, 0.717) is 12.1 Å². The van der Waals surface area contributed by atoms with Gasteiger partial charge < -0.3 is 10.5 Å². The average molecular weight is 245 g/mol. The molecule has 17 heavy (non-hydrogen) atoms. The predicted molar refractivity (Wildman–Crippen MR) is 57.3 cm³/mol. The summed E-state index contributed by atoms with van der Waals surface area (Å²) in [6, 6.07) is 5.30. The van der Waals surface area contributed by atoms with Gasteiger partial charge in [-0.15, -0.1) is 0 Å². The maximum atomic E-state index is 12.5. The Hall–Kier alpha value is -1.07. The van der Waals surface area contributed by atoms with E-state index in [4.69, 9.17) is 10.5 Å². The summed E-state index contributed by atoms with van der Waals surface area (Å²) in [4.78, 5) is 0. The third-order valence-corrected chi connectivity index (χ3v) is 2.96. The lowest BCUT2D eigenvalue weighted by atomic mass is 10.0. The highest BCUT2D eigenvalue weighted by atomic mass is 19.4. The summed E-state index contributed by atoms with van der Waals surface area (Å²) in [5.74, 6) is 0. The minimum atomic E-state index is -4.30. The van der Waals surface area contributed by atoms with Crippen molar-refractivity contribution in [3.05, 3.63) is 35.4 Å². The Labute approximate surface area is 97.6 Å². The lowest BCUT2D eigenvalue weighted by molar-refractivity contribution is -0.137. The van der Waals surface area contributed by atoms with Crippen LogP contribution in [0.2, 0.25) is 0 Å². The molecule has 1 aliphatic rings. The van der Waals surface area contributed by atoms with Crippen molar-refractivity contribution in [3.63, 3.8) is 0 Å². The Morgan fingerprint density at radius 3 is 2.65 bits per heavy atom. The monoisotopic (exact) mass is 245 g/mol. The molecule has 1 fully saturated rings. The lowest BCUT2D eigenvalue weighted by Crippen LogP contribution is -2.18. The molecule has 1 saturated heterocycles. The summed E-state index contributed by atoms with van der Waals surface area (Å²) in [7, 11) is 0. The van der Waals surface area contributed by atoms with Gasteiger partial charge in [-0.05, 0) is 30.5 Å². The van der Waals surface area contributed by atoms with Gasteiger partial charge in [-0.2, -0.15) is 13.2 Å². The van der Waals surface area contributed by atoms with Gasteiger partial charge in [-0.25, -0.2) is 0 Å². The lowest BCUT2D eigenvalue weighted by Gasteiger charge is -2.14. The Balaban J connectivity index is 2.17. The van der Waals surface area contributed by atoms with Crippen molar-refractivity contribution in [3.8, 4) is 0 Å². The highest BCUT2D eigenvalue weighted by Crippen LogP contribution is 2.35. The molecular formula is C12H14F3NO. The second-order valence-corrected chi connectivity index (χ2v) is 4.18. The quantitative estimate of drug-likeness (QED) is 0.869. The van der Waals surface area contributed by atoms with Crippen molar-refractivity contribution in [2.75, 3.05) is 6.54 Å². The van der Waals surface area contributed by atoms with Gasteiger partial charge in [0.2, 0.25) is 0 Å². The molecule has 2 rings (SSSR count). The molecule has 0 aliphatic carbocycles. The molecule has 0 spiro atoms. The molecule has 5 heteroatoms. The average Bonchev–Trinajstić information content (AvgIpc) is 2.76. The van der Waals surface area contributed by atoms with Crippen molar-refractivity contribution in [1.29, 1.82) is 0 Å². The summed E-state index contributed by atoms with van der Waals surface area (Å²) in [6.45, 7) is 0.412. The van der Waals surface area contributed by atoms with Crippen molar-refractivity contribution < 1.29 is 17.9 Å². The van der Waals surface area contributed by atoms with Gasteiger partial charge in [0.05, 0.1) is 17.8 Å². The Kier molecular flexibility index (Phi) is 3.40. The first-order valence-corrected chi connectivity index (χ1v) is 5.53. The Morgan fingerprint density at radius 1 is 1.29 bits per heavy atom. The first kappa shape index (κ1) is 12.4. The summed E-state index contributed by atoms with van der Waals surface area (Å²) in [6.07, 6.45) is -3.07. The van der Waals surface area contributed by atoms with Gasteiger partial charge in [0.15, 0.2) is 0 Å². The van der Waals surface area contributed by atoms with E-state index in [1.165, 1.54) is 6.07 Å². The van der Waals surface area contributed by atoms with Crippen molar-refractivity contribution >= 4 is 0 Å². The van der Waals surface area contributed by atoms with Gasteiger partial charge in [0.25, 0.3) is 0 Å². The smallest absolute Gasteiger partial charge is 0.369 e. The maximum Gasteiger partial charge on any atom is 0.416 e. The number of ether oxygens (including phenoxy) is 1. The molecule has 1 heterocycles. The minimum absolute atomic E-state index is 0.0328. The predicted octanol–water partition coefficient (Wildman–Crippen LogP) is 2.88. The Morgan fingerprint density at radius 2 is 2.06 bits per heavy atom. The third-order valence-electron chi connectivity index (χ3n) is 2.96. The van der Waals surface area contributed by atoms with E-state index in [1.54, 1.807) is 6.07 Å². The molecule has 0 amide bonds. The molecule has 1 aliphatic heterocycles. The van der Waals surface area contributed by atoms with Crippen LogP contribution in [0, 0.1) is 0 Å². The standard InChI is InChI=1S/C12H14F3NO/c13-12(14,15)9-3-1-2-8(6-9)11-5-4-10(7-16)17-11/h1-3,6,10-11H,4-5,7,16H2/t10-,11+/m0/s1. The molecule has 0 aromatic heterocycles. The fourth-order valence-electron chi connectivity index (χ4n) is 2.04. The van der Waals surface area contributed by atoms with E-state index >= 15 is 0 Å². The number of nitrogens with two attached hydrogens (primary N) is 1. The van der Waals surface area contributed by atoms with Crippen LogP contribution < -0.4 is 5.73 Å². The zero-order valence-electron chi connectivity index (χ0n) is 9.20. The molecule has 94 valence electrons. The largest absolute Gasteiger partial charge is 0.416 e. The van der Waals surface area contributed by atoms with Crippen LogP contribution >= 0.6 is 0 Å². The molecule has 2 nitrogen and oxygen atoms in total. The number of alkyl halides is 3. The molecular weight excluding hydrogens is 231 g/mol. The zero-order chi connectivity index (χ0) is 12.5. The SMILES string of the molecule is NC[C@@H]1CC[C@H](c2cccc(C(F)(F)F)c2)O1. The first-order valence-electron chi connectivity index (χ1n) is 5.53. The van der Waals surface area contributed by atoms with E-state index in [0.717, 1.165) is 25.0 Å². The van der Waals surface area contributed by atoms with E-state index in [-0.39, 0.29) is 12.2 Å². The molecule has 1 aromatic rings. The Bertz CT molecular complexity index is 392. The van der Waals surface area contributed by atoms with Crippen LogP contribution in [0.25, 0.3) is 0 Å². The molecule has 0 unspecified atom stereocenters. The number of hydrogen-bond donors (Lipinski definition) is 1. The molecule has 0 saturated carbocycles. The van der Waals surface area contributed by atoms with E-state index in [9.17, 15) is 13.2 Å². The van der Waals surface area contributed by atoms with Gasteiger partial charge in [-0.3, -0.25) is 0 Å². The number of rotatable bonds is 2. The van der Waals surface area contributed by atoms with Gasteiger partial charge in [0, 0.05) is 6.54 Å². The minimum Gasteiger partial charge on any atom is -0.369 e. The van der Waals surface area contributed by atoms with Crippen molar-refractivity contribution in [1.82, 2.24) is 0 Å². The highest BCUT2D eigenvalue weighted by molar-refractivity contribution is 5.27. The van der Waals surface area contributed by atoms with E-state index in [2.05, 4.69) is 0 Å².